The third-order valence-electron chi connectivity index (χ3n) is 2.88. The Morgan fingerprint density at radius 2 is 2.22 bits per heavy atom. The van der Waals surface area contributed by atoms with Gasteiger partial charge in [-0.3, -0.25) is 4.79 Å². The minimum atomic E-state index is -0.271. The number of benzene rings is 1. The normalized spacial score (nSPS) is 10.3. The molecule has 0 aliphatic rings. The summed E-state index contributed by atoms with van der Waals surface area (Å²) in [6.45, 7) is 4.07. The average Bonchev–Trinajstić information content (AvgIpc) is 2.77. The Labute approximate surface area is 105 Å². The molecule has 1 aromatic carbocycles. The van der Waals surface area contributed by atoms with Crippen LogP contribution >= 0.6 is 0 Å². The Morgan fingerprint density at radius 1 is 1.44 bits per heavy atom. The molecule has 5 nitrogen and oxygen atoms in total. The summed E-state index contributed by atoms with van der Waals surface area (Å²) in [6, 6.07) is 5.63. The number of aryl methyl sites for hydroxylation is 1. The van der Waals surface area contributed by atoms with E-state index in [4.69, 9.17) is 10.2 Å². The van der Waals surface area contributed by atoms with Gasteiger partial charge in [0.15, 0.2) is 6.39 Å². The predicted molar refractivity (Wildman–Crippen MR) is 68.0 cm³/mol. The molecule has 94 valence electrons. The van der Waals surface area contributed by atoms with Crippen molar-refractivity contribution in [2.45, 2.75) is 20.4 Å². The van der Waals surface area contributed by atoms with E-state index in [9.17, 15) is 4.79 Å². The molecule has 0 saturated carbocycles. The van der Waals surface area contributed by atoms with E-state index in [0.29, 0.717) is 12.2 Å². The molecule has 1 amide bonds. The highest BCUT2D eigenvalue weighted by Crippen LogP contribution is 2.15. The van der Waals surface area contributed by atoms with Crippen LogP contribution in [-0.4, -0.2) is 10.9 Å². The van der Waals surface area contributed by atoms with Crippen molar-refractivity contribution in [3.8, 4) is 0 Å². The molecule has 0 fully saturated rings. The molecule has 0 aliphatic carbocycles. The Morgan fingerprint density at radius 3 is 2.89 bits per heavy atom. The van der Waals surface area contributed by atoms with Gasteiger partial charge in [-0.1, -0.05) is 12.1 Å². The number of anilines is 1. The number of carbonyl (C=O) groups is 1. The number of nitrogens with zero attached hydrogens (tertiary/aromatic N) is 1. The number of hydrogen-bond donors (Lipinski definition) is 2. The molecule has 18 heavy (non-hydrogen) atoms. The molecule has 1 aromatic heterocycles. The monoisotopic (exact) mass is 245 g/mol. The maximum atomic E-state index is 11.8. The van der Waals surface area contributed by atoms with Gasteiger partial charge in [-0.05, 0) is 31.0 Å². The van der Waals surface area contributed by atoms with E-state index in [0.717, 1.165) is 16.8 Å². The van der Waals surface area contributed by atoms with Gasteiger partial charge in [-0.15, -0.1) is 0 Å². The fourth-order valence-electron chi connectivity index (χ4n) is 1.67. The van der Waals surface area contributed by atoms with Crippen LogP contribution in [0.2, 0.25) is 0 Å². The van der Waals surface area contributed by atoms with Crippen LogP contribution in [0.15, 0.2) is 29.0 Å². The zero-order valence-electron chi connectivity index (χ0n) is 10.4. The van der Waals surface area contributed by atoms with Crippen LogP contribution in [0.25, 0.3) is 0 Å². The van der Waals surface area contributed by atoms with Crippen LogP contribution in [0.1, 0.15) is 27.4 Å². The van der Waals surface area contributed by atoms with Gasteiger partial charge < -0.3 is 15.5 Å². The van der Waals surface area contributed by atoms with Crippen molar-refractivity contribution in [3.05, 3.63) is 47.2 Å². The quantitative estimate of drug-likeness (QED) is 0.808. The molecule has 0 atom stereocenters. The van der Waals surface area contributed by atoms with Gasteiger partial charge in [0, 0.05) is 12.2 Å². The largest absolute Gasteiger partial charge is 0.438 e. The lowest BCUT2D eigenvalue weighted by molar-refractivity contribution is 0.0922. The fraction of sp³-hybridized carbons (Fsp3) is 0.231. The summed E-state index contributed by atoms with van der Waals surface area (Å²) < 4.78 is 5.02. The lowest BCUT2D eigenvalue weighted by Gasteiger charge is -2.09. The lowest BCUT2D eigenvalue weighted by atomic mass is 10.1. The Kier molecular flexibility index (Phi) is 3.32. The first-order chi connectivity index (χ1) is 8.59. The van der Waals surface area contributed by atoms with Gasteiger partial charge in [-0.2, -0.15) is 0 Å². The van der Waals surface area contributed by atoms with Gasteiger partial charge in [0.05, 0.1) is 5.69 Å². The molecule has 1 heterocycles. The van der Waals surface area contributed by atoms with Crippen molar-refractivity contribution in [2.75, 3.05) is 5.73 Å². The van der Waals surface area contributed by atoms with E-state index in [1.54, 1.807) is 6.92 Å². The summed E-state index contributed by atoms with van der Waals surface area (Å²) in [5, 5.41) is 2.78. The van der Waals surface area contributed by atoms with Gasteiger partial charge in [0.1, 0.15) is 0 Å². The Hall–Kier alpha value is -2.30. The molecule has 0 spiro atoms. The van der Waals surface area contributed by atoms with Gasteiger partial charge >= 0.3 is 0 Å². The number of amides is 1. The summed E-state index contributed by atoms with van der Waals surface area (Å²) in [4.78, 5) is 15.7. The third-order valence-corrected chi connectivity index (χ3v) is 2.88. The van der Waals surface area contributed by atoms with Crippen molar-refractivity contribution in [1.29, 1.82) is 0 Å². The van der Waals surface area contributed by atoms with Crippen LogP contribution in [0.5, 0.6) is 0 Å². The van der Waals surface area contributed by atoms with Crippen molar-refractivity contribution in [2.24, 2.45) is 0 Å². The molecule has 0 aliphatic heterocycles. The highest BCUT2D eigenvalue weighted by atomic mass is 16.3. The van der Waals surface area contributed by atoms with E-state index >= 15 is 0 Å². The highest BCUT2D eigenvalue weighted by molar-refractivity contribution is 5.92. The van der Waals surface area contributed by atoms with Gasteiger partial charge in [0.25, 0.3) is 5.91 Å². The smallest absolute Gasteiger partial charge is 0.289 e. The number of hydrogen-bond acceptors (Lipinski definition) is 4. The second kappa shape index (κ2) is 4.91. The van der Waals surface area contributed by atoms with E-state index in [1.165, 1.54) is 6.39 Å². The van der Waals surface area contributed by atoms with E-state index < -0.39 is 0 Å². The molecule has 2 rings (SSSR count). The van der Waals surface area contributed by atoms with Gasteiger partial charge in [0.2, 0.25) is 5.76 Å². The van der Waals surface area contributed by atoms with Crippen LogP contribution in [0, 0.1) is 13.8 Å². The summed E-state index contributed by atoms with van der Waals surface area (Å²) in [7, 11) is 0. The first-order valence-electron chi connectivity index (χ1n) is 5.62. The standard InChI is InChI=1S/C13H15N3O2/c1-8-10(4-3-5-11(8)14)6-15-13(17)12-9(2)16-7-18-12/h3-5,7H,6,14H2,1-2H3,(H,15,17). The number of rotatable bonds is 3. The topological polar surface area (TPSA) is 81.2 Å². The minimum absolute atomic E-state index is 0.247. The van der Waals surface area contributed by atoms with E-state index in [1.807, 2.05) is 25.1 Å². The number of nitrogen functional groups attached to an aromatic ring is 1. The summed E-state index contributed by atoms with van der Waals surface area (Å²) in [5.41, 5.74) is 9.07. The molecule has 0 bridgehead atoms. The van der Waals surface area contributed by atoms with Crippen molar-refractivity contribution in [3.63, 3.8) is 0 Å². The summed E-state index contributed by atoms with van der Waals surface area (Å²) >= 11 is 0. The molecule has 0 saturated heterocycles. The van der Waals surface area contributed by atoms with Crippen LogP contribution in [-0.2, 0) is 6.54 Å². The van der Waals surface area contributed by atoms with Crippen LogP contribution in [0.4, 0.5) is 5.69 Å². The number of oxazole rings is 1. The summed E-state index contributed by atoms with van der Waals surface area (Å²) in [6.07, 6.45) is 1.26. The number of carbonyl (C=O) groups excluding carboxylic acids is 1. The first-order valence-corrected chi connectivity index (χ1v) is 5.62. The third kappa shape index (κ3) is 2.34. The minimum Gasteiger partial charge on any atom is -0.438 e. The molecular weight excluding hydrogens is 230 g/mol. The second-order valence-corrected chi connectivity index (χ2v) is 4.08. The van der Waals surface area contributed by atoms with Crippen LogP contribution in [0.3, 0.4) is 0 Å². The zero-order chi connectivity index (χ0) is 13.1. The molecular formula is C13H15N3O2. The molecule has 0 unspecified atom stereocenters. The Balaban J connectivity index is 2.06. The molecule has 2 aromatic rings. The number of aromatic nitrogens is 1. The molecule has 3 N–H and O–H groups in total. The van der Waals surface area contributed by atoms with E-state index in [2.05, 4.69) is 10.3 Å². The predicted octanol–water partition coefficient (Wildman–Crippen LogP) is 1.80. The fourth-order valence-corrected chi connectivity index (χ4v) is 1.67. The highest BCUT2D eigenvalue weighted by Gasteiger charge is 2.13. The van der Waals surface area contributed by atoms with E-state index in [-0.39, 0.29) is 11.7 Å². The molecule has 5 heteroatoms. The lowest BCUT2D eigenvalue weighted by Crippen LogP contribution is -2.23. The Bertz CT molecular complexity index is 575. The maximum absolute atomic E-state index is 11.8. The van der Waals surface area contributed by atoms with Crippen molar-refractivity contribution in [1.82, 2.24) is 10.3 Å². The second-order valence-electron chi connectivity index (χ2n) is 4.08. The zero-order valence-corrected chi connectivity index (χ0v) is 10.4. The van der Waals surface area contributed by atoms with Crippen molar-refractivity contribution < 1.29 is 9.21 Å². The van der Waals surface area contributed by atoms with Crippen LogP contribution < -0.4 is 11.1 Å². The number of nitrogens with two attached hydrogens (primary N) is 1. The number of nitrogens with one attached hydrogen (secondary N) is 1. The maximum Gasteiger partial charge on any atom is 0.289 e. The first kappa shape index (κ1) is 12.2. The molecule has 0 radical (unpaired) electrons. The SMILES string of the molecule is Cc1ncoc1C(=O)NCc1cccc(N)c1C. The van der Waals surface area contributed by atoms with Crippen molar-refractivity contribution >= 4 is 11.6 Å². The van der Waals surface area contributed by atoms with Gasteiger partial charge in [-0.25, -0.2) is 4.98 Å². The average molecular weight is 245 g/mol. The summed E-state index contributed by atoms with van der Waals surface area (Å²) in [5.74, 6) is -0.0246.